The third-order valence-electron chi connectivity index (χ3n) is 2.76. The quantitative estimate of drug-likeness (QED) is 0.750. The van der Waals surface area contributed by atoms with E-state index in [1.165, 1.54) is 31.4 Å². The smallest absolute Gasteiger partial charge is 0.00683 e. The first-order chi connectivity index (χ1) is 6.84. The molecule has 1 N–H and O–H groups in total. The maximum Gasteiger partial charge on any atom is 0.00683 e. The van der Waals surface area contributed by atoms with Crippen LogP contribution in [0.4, 0.5) is 0 Å². The largest absolute Gasteiger partial charge is 0.314 e. The van der Waals surface area contributed by atoms with Crippen molar-refractivity contribution >= 4 is 0 Å². The molecule has 1 saturated carbocycles. The summed E-state index contributed by atoms with van der Waals surface area (Å²) >= 11 is 0. The summed E-state index contributed by atoms with van der Waals surface area (Å²) in [7, 11) is 0. The molecular weight excluding hydrogens is 170 g/mol. The van der Waals surface area contributed by atoms with Gasteiger partial charge in [0.25, 0.3) is 0 Å². The zero-order valence-electron chi connectivity index (χ0n) is 8.87. The Labute approximate surface area is 86.5 Å². The van der Waals surface area contributed by atoms with E-state index in [9.17, 15) is 0 Å². The molecule has 0 aromatic heterocycles. The number of hydrogen-bond acceptors (Lipinski definition) is 1. The summed E-state index contributed by atoms with van der Waals surface area (Å²) < 4.78 is 0. The maximum atomic E-state index is 3.58. The molecule has 1 atom stereocenters. The lowest BCUT2D eigenvalue weighted by Gasteiger charge is -2.11. The number of benzene rings is 1. The molecule has 1 nitrogen and oxygen atoms in total. The Morgan fingerprint density at radius 1 is 1.29 bits per heavy atom. The Morgan fingerprint density at radius 3 is 2.64 bits per heavy atom. The molecule has 1 aromatic carbocycles. The van der Waals surface area contributed by atoms with Crippen LogP contribution >= 0.6 is 0 Å². The molecule has 1 fully saturated rings. The van der Waals surface area contributed by atoms with Gasteiger partial charge in [-0.2, -0.15) is 0 Å². The van der Waals surface area contributed by atoms with Crippen LogP contribution in [0.3, 0.4) is 0 Å². The fraction of sp³-hybridized carbons (Fsp3) is 0.538. The highest BCUT2D eigenvalue weighted by atomic mass is 14.9. The summed E-state index contributed by atoms with van der Waals surface area (Å²) in [6.07, 6.45) is 3.97. The van der Waals surface area contributed by atoms with Crippen molar-refractivity contribution in [3.05, 3.63) is 35.9 Å². The summed E-state index contributed by atoms with van der Waals surface area (Å²) in [6, 6.07) is 11.6. The average Bonchev–Trinajstić information content (AvgIpc) is 3.00. The van der Waals surface area contributed by atoms with Crippen LogP contribution in [0.1, 0.15) is 25.3 Å². The van der Waals surface area contributed by atoms with Gasteiger partial charge in [0.15, 0.2) is 0 Å². The SMILES string of the molecule is C[C@@H](CNC1CC1)Cc1ccccc1. The van der Waals surface area contributed by atoms with Gasteiger partial charge in [-0.15, -0.1) is 0 Å². The molecule has 1 heteroatoms. The number of rotatable bonds is 5. The molecule has 0 bridgehead atoms. The second kappa shape index (κ2) is 4.61. The molecule has 0 unspecified atom stereocenters. The summed E-state index contributed by atoms with van der Waals surface area (Å²) in [6.45, 7) is 3.49. The van der Waals surface area contributed by atoms with Crippen molar-refractivity contribution < 1.29 is 0 Å². The minimum Gasteiger partial charge on any atom is -0.314 e. The molecule has 0 radical (unpaired) electrons. The molecular formula is C13H19N. The Kier molecular flexibility index (Phi) is 3.20. The minimum absolute atomic E-state index is 0.748. The third-order valence-corrected chi connectivity index (χ3v) is 2.76. The Bertz CT molecular complexity index is 264. The van der Waals surface area contributed by atoms with Crippen LogP contribution < -0.4 is 5.32 Å². The first-order valence-electron chi connectivity index (χ1n) is 5.62. The molecule has 1 aromatic rings. The summed E-state index contributed by atoms with van der Waals surface area (Å²) in [5.74, 6) is 0.748. The lowest BCUT2D eigenvalue weighted by atomic mass is 10.0. The number of hydrogen-bond donors (Lipinski definition) is 1. The first-order valence-corrected chi connectivity index (χ1v) is 5.62. The van der Waals surface area contributed by atoms with Crippen LogP contribution in [0.2, 0.25) is 0 Å². The zero-order chi connectivity index (χ0) is 9.80. The van der Waals surface area contributed by atoms with Crippen LogP contribution in [0.25, 0.3) is 0 Å². The van der Waals surface area contributed by atoms with Crippen molar-refractivity contribution in [3.63, 3.8) is 0 Å². The number of nitrogens with one attached hydrogen (secondary N) is 1. The van der Waals surface area contributed by atoms with Gasteiger partial charge in [0.05, 0.1) is 0 Å². The van der Waals surface area contributed by atoms with Gasteiger partial charge in [-0.3, -0.25) is 0 Å². The van der Waals surface area contributed by atoms with Gasteiger partial charge < -0.3 is 5.32 Å². The molecule has 0 aliphatic heterocycles. The van der Waals surface area contributed by atoms with E-state index in [0.717, 1.165) is 12.0 Å². The normalized spacial score (nSPS) is 18.1. The lowest BCUT2D eigenvalue weighted by Crippen LogP contribution is -2.24. The molecule has 1 aliphatic carbocycles. The van der Waals surface area contributed by atoms with Crippen LogP contribution in [-0.4, -0.2) is 12.6 Å². The summed E-state index contributed by atoms with van der Waals surface area (Å²) in [4.78, 5) is 0. The van der Waals surface area contributed by atoms with Gasteiger partial charge in [-0.05, 0) is 37.3 Å². The van der Waals surface area contributed by atoms with Gasteiger partial charge in [-0.1, -0.05) is 37.3 Å². The summed E-state index contributed by atoms with van der Waals surface area (Å²) in [5, 5.41) is 3.58. The average molecular weight is 189 g/mol. The maximum absolute atomic E-state index is 3.58. The van der Waals surface area contributed by atoms with Crippen molar-refractivity contribution in [1.82, 2.24) is 5.32 Å². The van der Waals surface area contributed by atoms with Crippen molar-refractivity contribution in [2.75, 3.05) is 6.54 Å². The molecule has 2 rings (SSSR count). The van der Waals surface area contributed by atoms with Gasteiger partial charge >= 0.3 is 0 Å². The standard InChI is InChI=1S/C13H19N/c1-11(10-14-13-7-8-13)9-12-5-3-2-4-6-12/h2-6,11,13-14H,7-10H2,1H3/t11-/m1/s1. The van der Waals surface area contributed by atoms with Gasteiger partial charge in [0.2, 0.25) is 0 Å². The molecule has 0 heterocycles. The van der Waals surface area contributed by atoms with Crippen LogP contribution in [0.15, 0.2) is 30.3 Å². The monoisotopic (exact) mass is 189 g/mol. The van der Waals surface area contributed by atoms with Crippen molar-refractivity contribution in [1.29, 1.82) is 0 Å². The molecule has 14 heavy (non-hydrogen) atoms. The van der Waals surface area contributed by atoms with Crippen LogP contribution in [-0.2, 0) is 6.42 Å². The molecule has 0 spiro atoms. The Morgan fingerprint density at radius 2 is 2.00 bits per heavy atom. The first kappa shape index (κ1) is 9.72. The lowest BCUT2D eigenvalue weighted by molar-refractivity contribution is 0.509. The van der Waals surface area contributed by atoms with E-state index < -0.39 is 0 Å². The Balaban J connectivity index is 1.73. The van der Waals surface area contributed by atoms with E-state index >= 15 is 0 Å². The molecule has 0 amide bonds. The predicted molar refractivity (Wildman–Crippen MR) is 60.3 cm³/mol. The molecule has 0 saturated heterocycles. The van der Waals surface area contributed by atoms with E-state index in [-0.39, 0.29) is 0 Å². The highest BCUT2D eigenvalue weighted by Gasteiger charge is 2.20. The van der Waals surface area contributed by atoms with Crippen LogP contribution in [0, 0.1) is 5.92 Å². The van der Waals surface area contributed by atoms with E-state index in [2.05, 4.69) is 42.6 Å². The van der Waals surface area contributed by atoms with Gasteiger partial charge in [0, 0.05) is 6.04 Å². The minimum atomic E-state index is 0.748. The highest BCUT2D eigenvalue weighted by Crippen LogP contribution is 2.19. The summed E-state index contributed by atoms with van der Waals surface area (Å²) in [5.41, 5.74) is 1.46. The molecule has 76 valence electrons. The topological polar surface area (TPSA) is 12.0 Å². The fourth-order valence-corrected chi connectivity index (χ4v) is 1.74. The van der Waals surface area contributed by atoms with E-state index in [1.807, 2.05) is 0 Å². The Hall–Kier alpha value is -0.820. The van der Waals surface area contributed by atoms with Crippen molar-refractivity contribution in [2.24, 2.45) is 5.92 Å². The second-order valence-corrected chi connectivity index (χ2v) is 4.48. The van der Waals surface area contributed by atoms with E-state index in [0.29, 0.717) is 0 Å². The fourth-order valence-electron chi connectivity index (χ4n) is 1.74. The van der Waals surface area contributed by atoms with E-state index in [4.69, 9.17) is 0 Å². The second-order valence-electron chi connectivity index (χ2n) is 4.48. The van der Waals surface area contributed by atoms with E-state index in [1.54, 1.807) is 0 Å². The predicted octanol–water partition coefficient (Wildman–Crippen LogP) is 2.62. The van der Waals surface area contributed by atoms with Gasteiger partial charge in [-0.25, -0.2) is 0 Å². The zero-order valence-corrected chi connectivity index (χ0v) is 8.87. The van der Waals surface area contributed by atoms with Crippen LogP contribution in [0.5, 0.6) is 0 Å². The van der Waals surface area contributed by atoms with Gasteiger partial charge in [0.1, 0.15) is 0 Å². The third kappa shape index (κ3) is 3.15. The van der Waals surface area contributed by atoms with Crippen molar-refractivity contribution in [3.8, 4) is 0 Å². The highest BCUT2D eigenvalue weighted by molar-refractivity contribution is 5.15. The van der Waals surface area contributed by atoms with Crippen molar-refractivity contribution in [2.45, 2.75) is 32.2 Å². The molecule has 1 aliphatic rings.